The SMILES string of the molecule is C=C(C)C1CCC2(NC(=O)N(CCCN(C)C)CCCN(C)C)CCC3(C)C(CCC4C5(C)CC=C(c6ccc(C(=O)O)cc6)C(C)(C)C5CCC43C)C12. The Labute approximate surface area is 328 Å². The van der Waals surface area contributed by atoms with Gasteiger partial charge < -0.3 is 25.1 Å². The molecule has 0 saturated heterocycles. The van der Waals surface area contributed by atoms with Gasteiger partial charge in [-0.1, -0.05) is 65.0 Å². The van der Waals surface area contributed by atoms with Crippen LogP contribution in [0.15, 0.2) is 42.5 Å². The molecule has 0 radical (unpaired) electrons. The van der Waals surface area contributed by atoms with E-state index in [0.29, 0.717) is 35.2 Å². The summed E-state index contributed by atoms with van der Waals surface area (Å²) in [6.45, 7) is 23.3. The summed E-state index contributed by atoms with van der Waals surface area (Å²) in [6.07, 6.45) is 14.9. The summed E-state index contributed by atoms with van der Waals surface area (Å²) in [5.74, 6) is 1.75. The van der Waals surface area contributed by atoms with Crippen molar-refractivity contribution in [2.24, 2.45) is 51.2 Å². The maximum Gasteiger partial charge on any atom is 0.335 e. The number of nitrogens with zero attached hydrogens (tertiary/aromatic N) is 3. The van der Waals surface area contributed by atoms with Crippen molar-refractivity contribution in [3.8, 4) is 0 Å². The van der Waals surface area contributed by atoms with Crippen molar-refractivity contribution in [1.29, 1.82) is 0 Å². The maximum absolute atomic E-state index is 14.5. The smallest absolute Gasteiger partial charge is 0.335 e. The normalized spacial score (nSPS) is 36.7. The van der Waals surface area contributed by atoms with Crippen molar-refractivity contribution in [3.05, 3.63) is 53.6 Å². The monoisotopic (exact) mass is 743 g/mol. The van der Waals surface area contributed by atoms with Gasteiger partial charge in [-0.3, -0.25) is 0 Å². The van der Waals surface area contributed by atoms with E-state index in [1.54, 1.807) is 12.1 Å². The number of urea groups is 1. The minimum atomic E-state index is -0.871. The van der Waals surface area contributed by atoms with Crippen LogP contribution in [-0.4, -0.2) is 91.7 Å². The molecule has 4 saturated carbocycles. The molecular formula is C47H74N4O3. The first-order valence-electron chi connectivity index (χ1n) is 21.4. The summed E-state index contributed by atoms with van der Waals surface area (Å²) in [7, 11) is 8.46. The molecular weight excluding hydrogens is 669 g/mol. The molecule has 1 aromatic rings. The third-order valence-electron chi connectivity index (χ3n) is 16.8. The number of fused-ring (bicyclic) bond motifs is 7. The van der Waals surface area contributed by atoms with Crippen LogP contribution >= 0.6 is 0 Å². The molecule has 54 heavy (non-hydrogen) atoms. The number of carboxylic acids is 1. The van der Waals surface area contributed by atoms with Crippen LogP contribution < -0.4 is 5.32 Å². The van der Waals surface area contributed by atoms with E-state index < -0.39 is 5.97 Å². The predicted molar refractivity (Wildman–Crippen MR) is 222 cm³/mol. The van der Waals surface area contributed by atoms with Crippen LogP contribution in [0.2, 0.25) is 0 Å². The third-order valence-corrected chi connectivity index (χ3v) is 16.8. The van der Waals surface area contributed by atoms with E-state index >= 15 is 0 Å². The van der Waals surface area contributed by atoms with Gasteiger partial charge in [-0.25, -0.2) is 9.59 Å². The van der Waals surface area contributed by atoms with Gasteiger partial charge in [-0.2, -0.15) is 0 Å². The largest absolute Gasteiger partial charge is 0.478 e. The van der Waals surface area contributed by atoms with Crippen LogP contribution in [0.25, 0.3) is 5.57 Å². The minimum Gasteiger partial charge on any atom is -0.478 e. The second-order valence-electron chi connectivity index (χ2n) is 20.5. The van der Waals surface area contributed by atoms with E-state index in [1.807, 2.05) is 12.1 Å². The highest BCUT2D eigenvalue weighted by Crippen LogP contribution is 2.76. The highest BCUT2D eigenvalue weighted by Gasteiger charge is 2.70. The molecule has 7 nitrogen and oxygen atoms in total. The number of hydrogen-bond acceptors (Lipinski definition) is 4. The highest BCUT2D eigenvalue weighted by molar-refractivity contribution is 5.88. The van der Waals surface area contributed by atoms with Gasteiger partial charge in [0.1, 0.15) is 0 Å². The first-order chi connectivity index (χ1) is 25.3. The molecule has 1 aromatic carbocycles. The molecule has 0 bridgehead atoms. The molecule has 6 rings (SSSR count). The Balaban J connectivity index is 1.28. The van der Waals surface area contributed by atoms with Crippen LogP contribution in [0, 0.1) is 51.2 Å². The average molecular weight is 743 g/mol. The van der Waals surface area contributed by atoms with Crippen LogP contribution in [0.5, 0.6) is 0 Å². The van der Waals surface area contributed by atoms with Crippen LogP contribution in [-0.2, 0) is 0 Å². The first-order valence-corrected chi connectivity index (χ1v) is 21.4. The summed E-state index contributed by atoms with van der Waals surface area (Å²) < 4.78 is 0. The number of benzene rings is 1. The summed E-state index contributed by atoms with van der Waals surface area (Å²) in [6, 6.07) is 7.74. The standard InChI is InChI=1S/C47H74N4O3/c1-32(2)35-20-25-47(48-42(54)51(30-12-28-49(8)9)31-13-29-50(10)11)27-26-45(6)37(40(35)47)18-19-39-44(5)23-21-36(33-14-16-34(17-15-33)41(52)53)43(3,4)38(44)22-24-46(39,45)7/h14-17,21,35,37-40H,1,12-13,18-20,22-31H2,2-11H3,(H,48,54)(H,52,53). The van der Waals surface area contributed by atoms with Crippen LogP contribution in [0.1, 0.15) is 128 Å². The van der Waals surface area contributed by atoms with Crippen LogP contribution in [0.3, 0.4) is 0 Å². The lowest BCUT2D eigenvalue weighted by Gasteiger charge is -2.72. The Kier molecular flexibility index (Phi) is 11.4. The molecule has 7 heteroatoms. The molecule has 4 fully saturated rings. The summed E-state index contributed by atoms with van der Waals surface area (Å²) in [4.78, 5) is 32.7. The zero-order valence-electron chi connectivity index (χ0n) is 35.7. The fourth-order valence-electron chi connectivity index (χ4n) is 14.0. The van der Waals surface area contributed by atoms with E-state index in [9.17, 15) is 14.7 Å². The minimum absolute atomic E-state index is 0.00964. The fourth-order valence-corrected chi connectivity index (χ4v) is 14.0. The van der Waals surface area contributed by atoms with Gasteiger partial charge in [0.2, 0.25) is 0 Å². The van der Waals surface area contributed by atoms with Gasteiger partial charge in [-0.05, 0) is 193 Å². The third kappa shape index (κ3) is 6.90. The van der Waals surface area contributed by atoms with Gasteiger partial charge in [0.15, 0.2) is 0 Å². The van der Waals surface area contributed by atoms with Gasteiger partial charge in [0.25, 0.3) is 0 Å². The summed E-state index contributed by atoms with van der Waals surface area (Å²) in [5.41, 5.74) is 4.63. The van der Waals surface area contributed by atoms with Crippen molar-refractivity contribution in [2.45, 2.75) is 118 Å². The molecule has 2 N–H and O–H groups in total. The van der Waals surface area contributed by atoms with Crippen molar-refractivity contribution < 1.29 is 14.7 Å². The molecule has 2 amide bonds. The van der Waals surface area contributed by atoms with Gasteiger partial charge in [0.05, 0.1) is 5.56 Å². The number of rotatable bonds is 12. The Hall–Kier alpha value is -2.64. The fraction of sp³-hybridized carbons (Fsp3) is 0.745. The number of nitrogens with one attached hydrogen (secondary N) is 1. The average Bonchev–Trinajstić information content (AvgIpc) is 3.47. The summed E-state index contributed by atoms with van der Waals surface area (Å²) >= 11 is 0. The zero-order chi connectivity index (χ0) is 39.4. The lowest BCUT2D eigenvalue weighted by molar-refractivity contribution is -0.218. The van der Waals surface area contributed by atoms with E-state index in [0.717, 1.165) is 64.7 Å². The number of aromatic carboxylic acids is 1. The van der Waals surface area contributed by atoms with Crippen molar-refractivity contribution in [3.63, 3.8) is 0 Å². The predicted octanol–water partition coefficient (Wildman–Crippen LogP) is 9.70. The van der Waals surface area contributed by atoms with E-state index in [4.69, 9.17) is 0 Å². The van der Waals surface area contributed by atoms with Crippen molar-refractivity contribution in [2.75, 3.05) is 54.4 Å². The molecule has 9 unspecified atom stereocenters. The highest BCUT2D eigenvalue weighted by atomic mass is 16.4. The number of amides is 2. The van der Waals surface area contributed by atoms with E-state index in [2.05, 4.69) is 102 Å². The molecule has 300 valence electrons. The first kappa shape index (κ1) is 41.0. The lowest BCUT2D eigenvalue weighted by Crippen LogP contribution is -2.68. The Morgan fingerprint density at radius 2 is 1.43 bits per heavy atom. The molecule has 5 aliphatic rings. The topological polar surface area (TPSA) is 76.1 Å². The number of allylic oxidation sites excluding steroid dienone is 3. The molecule has 0 spiro atoms. The quantitative estimate of drug-likeness (QED) is 0.209. The van der Waals surface area contributed by atoms with Gasteiger partial charge in [-0.15, -0.1) is 0 Å². The molecule has 5 aliphatic carbocycles. The Morgan fingerprint density at radius 1 is 0.796 bits per heavy atom. The number of carbonyl (C=O) groups excluding carboxylic acids is 1. The summed E-state index contributed by atoms with van der Waals surface area (Å²) in [5, 5.41) is 13.4. The Bertz CT molecular complexity index is 1580. The Morgan fingerprint density at radius 3 is 2.00 bits per heavy atom. The van der Waals surface area contributed by atoms with Crippen molar-refractivity contribution >= 4 is 17.6 Å². The van der Waals surface area contributed by atoms with Crippen LogP contribution in [0.4, 0.5) is 4.79 Å². The van der Waals surface area contributed by atoms with Gasteiger partial charge >= 0.3 is 12.0 Å². The maximum atomic E-state index is 14.5. The van der Waals surface area contributed by atoms with E-state index in [-0.39, 0.29) is 33.2 Å². The second-order valence-corrected chi connectivity index (χ2v) is 20.5. The molecule has 0 aromatic heterocycles. The number of hydrogen-bond donors (Lipinski definition) is 2. The molecule has 0 heterocycles. The molecule has 9 atom stereocenters. The number of carboxylic acid groups (broad SMARTS) is 1. The van der Waals surface area contributed by atoms with E-state index in [1.165, 1.54) is 48.8 Å². The number of carbonyl (C=O) groups is 2. The second kappa shape index (κ2) is 15.0. The lowest BCUT2D eigenvalue weighted by atomic mass is 9.33. The van der Waals surface area contributed by atoms with Gasteiger partial charge in [0, 0.05) is 18.6 Å². The van der Waals surface area contributed by atoms with Crippen molar-refractivity contribution in [1.82, 2.24) is 20.0 Å². The zero-order valence-corrected chi connectivity index (χ0v) is 35.7. The molecule has 0 aliphatic heterocycles.